The summed E-state index contributed by atoms with van der Waals surface area (Å²) in [6.45, 7) is 2.02. The van der Waals surface area contributed by atoms with Crippen LogP contribution in [-0.4, -0.2) is 17.0 Å². The molecule has 6 heteroatoms. The smallest absolute Gasteiger partial charge is 0.336 e. The van der Waals surface area contributed by atoms with E-state index in [1.165, 1.54) is 35.4 Å². The third kappa shape index (κ3) is 3.19. The number of fused-ring (bicyclic) bond motifs is 1. The van der Waals surface area contributed by atoms with Crippen LogP contribution in [0.4, 0.5) is 5.00 Å². The lowest BCUT2D eigenvalue weighted by atomic mass is 9.96. The van der Waals surface area contributed by atoms with Crippen molar-refractivity contribution in [3.63, 3.8) is 0 Å². The van der Waals surface area contributed by atoms with Crippen molar-refractivity contribution in [2.45, 2.75) is 32.6 Å². The SMILES string of the molecule is Cc1c(NC(=O)c2ccc(Br)cc2C(=O)O)sc2c1CCCC2. The predicted octanol–water partition coefficient (Wildman–Crippen LogP) is 4.65. The Kier molecular flexibility index (Phi) is 4.55. The molecule has 1 aromatic carbocycles. The van der Waals surface area contributed by atoms with Gasteiger partial charge in [0.1, 0.15) is 0 Å². The number of carboxylic acids is 1. The lowest BCUT2D eigenvalue weighted by Gasteiger charge is -2.10. The van der Waals surface area contributed by atoms with Gasteiger partial charge in [-0.1, -0.05) is 15.9 Å². The van der Waals surface area contributed by atoms with Crippen LogP contribution in [0.1, 0.15) is 49.6 Å². The monoisotopic (exact) mass is 393 g/mol. The summed E-state index contributed by atoms with van der Waals surface area (Å²) in [6, 6.07) is 4.66. The summed E-state index contributed by atoms with van der Waals surface area (Å²) in [5.41, 5.74) is 2.64. The van der Waals surface area contributed by atoms with Crippen LogP contribution < -0.4 is 5.32 Å². The number of nitrogens with one attached hydrogen (secondary N) is 1. The molecule has 0 saturated heterocycles. The minimum Gasteiger partial charge on any atom is -0.478 e. The fourth-order valence-corrected chi connectivity index (χ4v) is 4.56. The molecule has 1 aromatic heterocycles. The number of carboxylic acid groups (broad SMARTS) is 1. The van der Waals surface area contributed by atoms with Crippen molar-refractivity contribution in [2.75, 3.05) is 5.32 Å². The van der Waals surface area contributed by atoms with Crippen molar-refractivity contribution in [3.05, 3.63) is 49.8 Å². The highest BCUT2D eigenvalue weighted by Gasteiger charge is 2.22. The maximum atomic E-state index is 12.5. The van der Waals surface area contributed by atoms with Gasteiger partial charge in [0.15, 0.2) is 0 Å². The van der Waals surface area contributed by atoms with Crippen molar-refractivity contribution in [1.29, 1.82) is 0 Å². The zero-order valence-electron chi connectivity index (χ0n) is 12.6. The largest absolute Gasteiger partial charge is 0.478 e. The summed E-state index contributed by atoms with van der Waals surface area (Å²) in [7, 11) is 0. The minimum atomic E-state index is -1.11. The van der Waals surface area contributed by atoms with E-state index in [1.807, 2.05) is 6.92 Å². The second kappa shape index (κ2) is 6.45. The molecule has 2 N–H and O–H groups in total. The first kappa shape index (κ1) is 16.2. The number of halogens is 1. The number of hydrogen-bond acceptors (Lipinski definition) is 3. The molecule has 0 bridgehead atoms. The number of amides is 1. The Morgan fingerprint density at radius 1 is 1.22 bits per heavy atom. The first-order valence-electron chi connectivity index (χ1n) is 7.42. The van der Waals surface area contributed by atoms with Gasteiger partial charge in [-0.05, 0) is 61.9 Å². The molecule has 1 aliphatic rings. The number of hydrogen-bond donors (Lipinski definition) is 2. The Bertz CT molecular complexity index is 797. The molecule has 2 aromatic rings. The molecule has 0 atom stereocenters. The topological polar surface area (TPSA) is 66.4 Å². The van der Waals surface area contributed by atoms with Crippen LogP contribution >= 0.6 is 27.3 Å². The highest BCUT2D eigenvalue weighted by atomic mass is 79.9. The van der Waals surface area contributed by atoms with Crippen LogP contribution in [0.5, 0.6) is 0 Å². The van der Waals surface area contributed by atoms with E-state index in [1.54, 1.807) is 17.4 Å². The summed E-state index contributed by atoms with van der Waals surface area (Å²) < 4.78 is 0.634. The number of rotatable bonds is 3. The first-order chi connectivity index (χ1) is 11.0. The molecule has 0 saturated carbocycles. The summed E-state index contributed by atoms with van der Waals surface area (Å²) >= 11 is 4.85. The van der Waals surface area contributed by atoms with E-state index in [0.29, 0.717) is 4.47 Å². The predicted molar refractivity (Wildman–Crippen MR) is 94.8 cm³/mol. The number of carbonyl (C=O) groups is 2. The third-order valence-electron chi connectivity index (χ3n) is 4.12. The molecule has 0 radical (unpaired) electrons. The highest BCUT2D eigenvalue weighted by Crippen LogP contribution is 2.37. The molecule has 0 unspecified atom stereocenters. The van der Waals surface area contributed by atoms with E-state index < -0.39 is 5.97 Å². The molecule has 1 amide bonds. The molecule has 23 heavy (non-hydrogen) atoms. The molecule has 0 fully saturated rings. The molecular formula is C17H16BrNO3S. The van der Waals surface area contributed by atoms with Crippen molar-refractivity contribution in [2.24, 2.45) is 0 Å². The van der Waals surface area contributed by atoms with Crippen LogP contribution in [-0.2, 0) is 12.8 Å². The maximum Gasteiger partial charge on any atom is 0.336 e. The average Bonchev–Trinajstić information content (AvgIpc) is 2.83. The fraction of sp³-hybridized carbons (Fsp3) is 0.294. The number of aryl methyl sites for hydroxylation is 1. The Labute approximate surface area is 146 Å². The molecular weight excluding hydrogens is 378 g/mol. The zero-order chi connectivity index (χ0) is 16.6. The molecule has 1 heterocycles. The van der Waals surface area contributed by atoms with Crippen LogP contribution in [0.25, 0.3) is 0 Å². The van der Waals surface area contributed by atoms with Gasteiger partial charge < -0.3 is 10.4 Å². The highest BCUT2D eigenvalue weighted by molar-refractivity contribution is 9.10. The number of aromatic carboxylic acids is 1. The first-order valence-corrected chi connectivity index (χ1v) is 9.03. The Morgan fingerprint density at radius 3 is 2.65 bits per heavy atom. The van der Waals surface area contributed by atoms with E-state index in [2.05, 4.69) is 21.2 Å². The number of anilines is 1. The number of benzene rings is 1. The molecule has 1 aliphatic carbocycles. The van der Waals surface area contributed by atoms with Gasteiger partial charge >= 0.3 is 5.97 Å². The van der Waals surface area contributed by atoms with Crippen molar-refractivity contribution in [1.82, 2.24) is 0 Å². The fourth-order valence-electron chi connectivity index (χ4n) is 2.90. The van der Waals surface area contributed by atoms with Crippen LogP contribution in [0.3, 0.4) is 0 Å². The number of thiophene rings is 1. The number of carbonyl (C=O) groups excluding carboxylic acids is 1. The summed E-state index contributed by atoms with van der Waals surface area (Å²) in [5.74, 6) is -1.49. The van der Waals surface area contributed by atoms with E-state index in [0.717, 1.165) is 23.4 Å². The quantitative estimate of drug-likeness (QED) is 0.797. The van der Waals surface area contributed by atoms with E-state index in [9.17, 15) is 14.7 Å². The Hall–Kier alpha value is -1.66. The molecule has 0 spiro atoms. The van der Waals surface area contributed by atoms with Gasteiger partial charge in [0.25, 0.3) is 5.91 Å². The second-order valence-electron chi connectivity index (χ2n) is 5.61. The van der Waals surface area contributed by atoms with Gasteiger partial charge in [-0.2, -0.15) is 0 Å². The zero-order valence-corrected chi connectivity index (χ0v) is 15.0. The Morgan fingerprint density at radius 2 is 1.96 bits per heavy atom. The van der Waals surface area contributed by atoms with Crippen LogP contribution in [0.15, 0.2) is 22.7 Å². The van der Waals surface area contributed by atoms with Gasteiger partial charge in [0.05, 0.1) is 16.1 Å². The van der Waals surface area contributed by atoms with Crippen molar-refractivity contribution >= 4 is 44.1 Å². The maximum absolute atomic E-state index is 12.5. The van der Waals surface area contributed by atoms with Gasteiger partial charge in [0.2, 0.25) is 0 Å². The van der Waals surface area contributed by atoms with E-state index in [4.69, 9.17) is 0 Å². The van der Waals surface area contributed by atoms with Crippen molar-refractivity contribution in [3.8, 4) is 0 Å². The van der Waals surface area contributed by atoms with Gasteiger partial charge in [-0.25, -0.2) is 4.79 Å². The summed E-state index contributed by atoms with van der Waals surface area (Å²) in [4.78, 5) is 25.2. The molecule has 120 valence electrons. The van der Waals surface area contributed by atoms with Crippen LogP contribution in [0, 0.1) is 6.92 Å². The summed E-state index contributed by atoms with van der Waals surface area (Å²) in [6.07, 6.45) is 4.51. The second-order valence-corrected chi connectivity index (χ2v) is 7.64. The lowest BCUT2D eigenvalue weighted by molar-refractivity contribution is 0.0692. The third-order valence-corrected chi connectivity index (χ3v) is 5.92. The Balaban J connectivity index is 1.91. The van der Waals surface area contributed by atoms with Gasteiger partial charge in [0, 0.05) is 9.35 Å². The molecule has 0 aliphatic heterocycles. The average molecular weight is 394 g/mol. The van der Waals surface area contributed by atoms with Crippen molar-refractivity contribution < 1.29 is 14.7 Å². The van der Waals surface area contributed by atoms with Crippen LogP contribution in [0.2, 0.25) is 0 Å². The molecule has 3 rings (SSSR count). The minimum absolute atomic E-state index is 0.00384. The lowest BCUT2D eigenvalue weighted by Crippen LogP contribution is -2.16. The molecule has 4 nitrogen and oxygen atoms in total. The van der Waals surface area contributed by atoms with Gasteiger partial charge in [-0.3, -0.25) is 4.79 Å². The van der Waals surface area contributed by atoms with E-state index in [-0.39, 0.29) is 17.0 Å². The van der Waals surface area contributed by atoms with Gasteiger partial charge in [-0.15, -0.1) is 11.3 Å². The summed E-state index contributed by atoms with van der Waals surface area (Å²) in [5, 5.41) is 13.0. The normalized spacial score (nSPS) is 13.5. The van der Waals surface area contributed by atoms with E-state index >= 15 is 0 Å². The standard InChI is InChI=1S/C17H16BrNO3S/c1-9-11-4-2-3-5-14(11)23-16(9)19-15(20)12-7-6-10(18)8-13(12)17(21)22/h6-8H,2-5H2,1H3,(H,19,20)(H,21,22).